The number of carboxylic acids is 1. The van der Waals surface area contributed by atoms with Gasteiger partial charge in [0.15, 0.2) is 0 Å². The first-order chi connectivity index (χ1) is 6.59. The molecule has 0 radical (unpaired) electrons. The largest absolute Gasteiger partial charge is 0.493 e. The van der Waals surface area contributed by atoms with E-state index in [4.69, 9.17) is 9.84 Å². The predicted octanol–water partition coefficient (Wildman–Crippen LogP) is 2.61. The third-order valence-corrected chi connectivity index (χ3v) is 2.20. The number of benzene rings is 1. The highest BCUT2D eigenvalue weighted by Crippen LogP contribution is 2.22. The number of aliphatic carboxylic acids is 1. The predicted molar refractivity (Wildman–Crippen MR) is 56.6 cm³/mol. The number of rotatable bonds is 4. The van der Waals surface area contributed by atoms with Gasteiger partial charge >= 0.3 is 5.97 Å². The summed E-state index contributed by atoms with van der Waals surface area (Å²) in [5, 5.41) is 8.42. The van der Waals surface area contributed by atoms with Gasteiger partial charge in [-0.25, -0.2) is 0 Å². The second-order valence-corrected chi connectivity index (χ2v) is 3.82. The lowest BCUT2D eigenvalue weighted by Crippen LogP contribution is -2.05. The maximum absolute atomic E-state index is 10.2. The smallest absolute Gasteiger partial charge is 0.306 e. The van der Waals surface area contributed by atoms with E-state index < -0.39 is 5.97 Å². The van der Waals surface area contributed by atoms with E-state index >= 15 is 0 Å². The minimum absolute atomic E-state index is 0.0233. The van der Waals surface area contributed by atoms with Gasteiger partial charge < -0.3 is 9.84 Å². The van der Waals surface area contributed by atoms with Crippen molar-refractivity contribution in [3.8, 4) is 5.75 Å². The summed E-state index contributed by atoms with van der Waals surface area (Å²) in [7, 11) is 0. The van der Waals surface area contributed by atoms with Gasteiger partial charge in [-0.2, -0.15) is 0 Å². The highest BCUT2D eigenvalue weighted by Gasteiger charge is 2.01. The first-order valence-electron chi connectivity index (χ1n) is 4.20. The fraction of sp³-hybridized carbons (Fsp3) is 0.300. The number of carboxylic acid groups (broad SMARTS) is 1. The highest BCUT2D eigenvalue weighted by atomic mass is 79.9. The van der Waals surface area contributed by atoms with Crippen LogP contribution in [0.1, 0.15) is 12.0 Å². The van der Waals surface area contributed by atoms with Crippen molar-refractivity contribution in [3.63, 3.8) is 0 Å². The van der Waals surface area contributed by atoms with Crippen molar-refractivity contribution >= 4 is 21.9 Å². The fourth-order valence-electron chi connectivity index (χ4n) is 1.02. The Morgan fingerprint density at radius 2 is 2.29 bits per heavy atom. The van der Waals surface area contributed by atoms with Crippen molar-refractivity contribution in [2.45, 2.75) is 13.3 Å². The maximum Gasteiger partial charge on any atom is 0.306 e. The molecule has 0 aliphatic rings. The molecule has 0 amide bonds. The molecule has 0 fully saturated rings. The van der Waals surface area contributed by atoms with Crippen LogP contribution in [-0.4, -0.2) is 17.7 Å². The zero-order valence-corrected chi connectivity index (χ0v) is 9.37. The topological polar surface area (TPSA) is 46.5 Å². The summed E-state index contributed by atoms with van der Waals surface area (Å²) in [5.41, 5.74) is 0.991. The molecule has 1 aromatic carbocycles. The molecule has 0 saturated heterocycles. The van der Waals surface area contributed by atoms with Gasteiger partial charge in [0.05, 0.1) is 13.0 Å². The van der Waals surface area contributed by atoms with E-state index in [-0.39, 0.29) is 13.0 Å². The molecule has 0 bridgehead atoms. The molecule has 1 rings (SSSR count). The monoisotopic (exact) mass is 258 g/mol. The van der Waals surface area contributed by atoms with Crippen molar-refractivity contribution in [3.05, 3.63) is 28.2 Å². The maximum atomic E-state index is 10.2. The van der Waals surface area contributed by atoms with Crippen molar-refractivity contribution in [2.75, 3.05) is 6.61 Å². The average molecular weight is 259 g/mol. The molecule has 76 valence electrons. The number of carbonyl (C=O) groups is 1. The molecular weight excluding hydrogens is 248 g/mol. The Labute approximate surface area is 90.8 Å². The molecule has 0 aromatic heterocycles. The van der Waals surface area contributed by atoms with Crippen molar-refractivity contribution < 1.29 is 14.6 Å². The quantitative estimate of drug-likeness (QED) is 0.903. The average Bonchev–Trinajstić information content (AvgIpc) is 2.08. The van der Waals surface area contributed by atoms with E-state index in [1.54, 1.807) is 0 Å². The Kier molecular flexibility index (Phi) is 3.95. The van der Waals surface area contributed by atoms with Gasteiger partial charge in [-0.1, -0.05) is 15.9 Å². The summed E-state index contributed by atoms with van der Waals surface area (Å²) >= 11 is 3.34. The molecule has 0 heterocycles. The van der Waals surface area contributed by atoms with E-state index in [0.717, 1.165) is 15.8 Å². The molecule has 0 saturated carbocycles. The Balaban J connectivity index is 2.55. The van der Waals surface area contributed by atoms with Crippen molar-refractivity contribution in [2.24, 2.45) is 0 Å². The van der Waals surface area contributed by atoms with Crippen molar-refractivity contribution in [1.82, 2.24) is 0 Å². The number of hydrogen-bond acceptors (Lipinski definition) is 2. The Morgan fingerprint density at radius 1 is 1.57 bits per heavy atom. The summed E-state index contributed by atoms with van der Waals surface area (Å²) in [6.07, 6.45) is 0.0233. The Bertz CT molecular complexity index is 336. The van der Waals surface area contributed by atoms with Gasteiger partial charge in [0.25, 0.3) is 0 Å². The lowest BCUT2D eigenvalue weighted by molar-refractivity contribution is -0.137. The standard InChI is InChI=1S/C10H11BrO3/c1-7-6-8(11)2-3-9(7)14-5-4-10(12)13/h2-3,6H,4-5H2,1H3,(H,12,13). The van der Waals surface area contributed by atoms with Crippen LogP contribution in [0.25, 0.3) is 0 Å². The summed E-state index contributed by atoms with van der Waals surface area (Å²) in [6, 6.07) is 5.61. The van der Waals surface area contributed by atoms with Gasteiger partial charge in [0.1, 0.15) is 5.75 Å². The van der Waals surface area contributed by atoms with Crippen LogP contribution < -0.4 is 4.74 Å². The van der Waals surface area contributed by atoms with Crippen LogP contribution in [0.3, 0.4) is 0 Å². The Hall–Kier alpha value is -1.03. The minimum atomic E-state index is -0.847. The minimum Gasteiger partial charge on any atom is -0.493 e. The SMILES string of the molecule is Cc1cc(Br)ccc1OCCC(=O)O. The first-order valence-corrected chi connectivity index (χ1v) is 4.99. The molecule has 0 atom stereocenters. The molecule has 0 spiro atoms. The van der Waals surface area contributed by atoms with E-state index in [1.165, 1.54) is 0 Å². The van der Waals surface area contributed by atoms with E-state index in [2.05, 4.69) is 15.9 Å². The second kappa shape index (κ2) is 5.00. The molecule has 0 aliphatic heterocycles. The van der Waals surface area contributed by atoms with Crippen LogP contribution >= 0.6 is 15.9 Å². The van der Waals surface area contributed by atoms with E-state index in [0.29, 0.717) is 0 Å². The van der Waals surface area contributed by atoms with Gasteiger partial charge in [0.2, 0.25) is 0 Å². The third-order valence-electron chi connectivity index (χ3n) is 1.71. The summed E-state index contributed by atoms with van der Waals surface area (Å²) in [6.45, 7) is 2.12. The normalized spacial score (nSPS) is 9.86. The molecule has 3 nitrogen and oxygen atoms in total. The molecule has 14 heavy (non-hydrogen) atoms. The van der Waals surface area contributed by atoms with Gasteiger partial charge in [-0.05, 0) is 30.7 Å². The second-order valence-electron chi connectivity index (χ2n) is 2.90. The van der Waals surface area contributed by atoms with Gasteiger partial charge in [-0.15, -0.1) is 0 Å². The molecule has 4 heteroatoms. The molecule has 1 aromatic rings. The van der Waals surface area contributed by atoms with Crippen LogP contribution in [0, 0.1) is 6.92 Å². The van der Waals surface area contributed by atoms with Crippen LogP contribution in [-0.2, 0) is 4.79 Å². The molecule has 0 unspecified atom stereocenters. The summed E-state index contributed by atoms with van der Waals surface area (Å²) < 4.78 is 6.29. The highest BCUT2D eigenvalue weighted by molar-refractivity contribution is 9.10. The molecular formula is C10H11BrO3. The number of ether oxygens (including phenoxy) is 1. The molecule has 1 N–H and O–H groups in total. The van der Waals surface area contributed by atoms with Gasteiger partial charge in [0, 0.05) is 4.47 Å². The first kappa shape index (κ1) is 11.0. The lowest BCUT2D eigenvalue weighted by atomic mass is 10.2. The van der Waals surface area contributed by atoms with Crippen LogP contribution in [0.4, 0.5) is 0 Å². The van der Waals surface area contributed by atoms with Crippen molar-refractivity contribution in [1.29, 1.82) is 0 Å². The zero-order valence-electron chi connectivity index (χ0n) is 7.79. The third kappa shape index (κ3) is 3.38. The lowest BCUT2D eigenvalue weighted by Gasteiger charge is -2.07. The van der Waals surface area contributed by atoms with Crippen LogP contribution in [0.2, 0.25) is 0 Å². The fourth-order valence-corrected chi connectivity index (χ4v) is 1.50. The van der Waals surface area contributed by atoms with E-state index in [9.17, 15) is 4.79 Å². The summed E-state index contributed by atoms with van der Waals surface area (Å²) in [5.74, 6) is -0.116. The number of aryl methyl sites for hydroxylation is 1. The van der Waals surface area contributed by atoms with Crippen LogP contribution in [0.5, 0.6) is 5.75 Å². The van der Waals surface area contributed by atoms with Crippen LogP contribution in [0.15, 0.2) is 22.7 Å². The molecule has 0 aliphatic carbocycles. The van der Waals surface area contributed by atoms with Gasteiger partial charge in [-0.3, -0.25) is 4.79 Å². The summed E-state index contributed by atoms with van der Waals surface area (Å²) in [4.78, 5) is 10.2. The number of hydrogen-bond donors (Lipinski definition) is 1. The van der Waals surface area contributed by atoms with E-state index in [1.807, 2.05) is 25.1 Å². The zero-order chi connectivity index (χ0) is 10.6. The Morgan fingerprint density at radius 3 is 2.86 bits per heavy atom. The number of halogens is 1.